The number of likely N-dealkylation sites (tertiary alicyclic amines) is 1. The van der Waals surface area contributed by atoms with Gasteiger partial charge in [0, 0.05) is 19.4 Å². The molecule has 4 heteroatoms. The van der Waals surface area contributed by atoms with Gasteiger partial charge in [0.15, 0.2) is 0 Å². The van der Waals surface area contributed by atoms with E-state index in [1.807, 2.05) is 7.05 Å². The average molecular weight is 288 g/mol. The Morgan fingerprint density at radius 2 is 1.67 bits per heavy atom. The highest BCUT2D eigenvalue weighted by atomic mass is 16.2. The minimum Gasteiger partial charge on any atom is -0.312 e. The standard InChI is InChI=1S/C17H24N2O2/c1-3-13-8-10-14(11-9-13)15(18-2)12-19-16(20)6-4-5-7-17(19)21/h8-11,15,18H,3-7,12H2,1-2H3. The summed E-state index contributed by atoms with van der Waals surface area (Å²) in [6.07, 6.45) is 3.61. The lowest BCUT2D eigenvalue weighted by molar-refractivity contribution is -0.144. The van der Waals surface area contributed by atoms with E-state index >= 15 is 0 Å². The summed E-state index contributed by atoms with van der Waals surface area (Å²) >= 11 is 0. The molecule has 2 rings (SSSR count). The fourth-order valence-corrected chi connectivity index (χ4v) is 2.70. The molecule has 0 bridgehead atoms. The molecule has 1 atom stereocenters. The van der Waals surface area contributed by atoms with Gasteiger partial charge < -0.3 is 5.32 Å². The van der Waals surface area contributed by atoms with E-state index in [2.05, 4.69) is 36.5 Å². The average Bonchev–Trinajstić information content (AvgIpc) is 2.67. The number of likely N-dealkylation sites (N-methyl/N-ethyl adjacent to an activating group) is 1. The zero-order valence-electron chi connectivity index (χ0n) is 12.9. The van der Waals surface area contributed by atoms with Crippen LogP contribution >= 0.6 is 0 Å². The molecule has 0 radical (unpaired) electrons. The van der Waals surface area contributed by atoms with Crippen molar-refractivity contribution in [3.05, 3.63) is 35.4 Å². The summed E-state index contributed by atoms with van der Waals surface area (Å²) in [6.45, 7) is 2.54. The van der Waals surface area contributed by atoms with Crippen LogP contribution in [0.25, 0.3) is 0 Å². The number of carbonyl (C=O) groups excluding carboxylic acids is 2. The number of rotatable bonds is 5. The lowest BCUT2D eigenvalue weighted by atomic mass is 10.0. The predicted octanol–water partition coefficient (Wildman–Crippen LogP) is 2.44. The number of aryl methyl sites for hydroxylation is 1. The molecule has 1 aliphatic rings. The second-order valence-corrected chi connectivity index (χ2v) is 5.54. The Morgan fingerprint density at radius 3 is 2.14 bits per heavy atom. The Hall–Kier alpha value is -1.68. The Balaban J connectivity index is 2.12. The molecule has 0 aliphatic carbocycles. The van der Waals surface area contributed by atoms with E-state index in [9.17, 15) is 9.59 Å². The summed E-state index contributed by atoms with van der Waals surface area (Å²) in [7, 11) is 1.87. The predicted molar refractivity (Wildman–Crippen MR) is 82.8 cm³/mol. The van der Waals surface area contributed by atoms with Gasteiger partial charge in [-0.15, -0.1) is 0 Å². The molecular formula is C17H24N2O2. The monoisotopic (exact) mass is 288 g/mol. The van der Waals surface area contributed by atoms with Crippen LogP contribution in [0.1, 0.15) is 49.8 Å². The Morgan fingerprint density at radius 1 is 1.10 bits per heavy atom. The quantitative estimate of drug-likeness (QED) is 0.847. The summed E-state index contributed by atoms with van der Waals surface area (Å²) < 4.78 is 0. The van der Waals surface area contributed by atoms with Crippen molar-refractivity contribution < 1.29 is 9.59 Å². The number of carbonyl (C=O) groups is 2. The van der Waals surface area contributed by atoms with Gasteiger partial charge in [-0.1, -0.05) is 31.2 Å². The second-order valence-electron chi connectivity index (χ2n) is 5.54. The summed E-state index contributed by atoms with van der Waals surface area (Å²) in [5.41, 5.74) is 2.40. The normalized spacial score (nSPS) is 17.7. The first-order valence-electron chi connectivity index (χ1n) is 7.75. The zero-order chi connectivity index (χ0) is 15.2. The van der Waals surface area contributed by atoms with Crippen LogP contribution in [0.5, 0.6) is 0 Å². The highest BCUT2D eigenvalue weighted by molar-refractivity contribution is 5.96. The number of benzene rings is 1. The van der Waals surface area contributed by atoms with Crippen molar-refractivity contribution in [2.24, 2.45) is 0 Å². The van der Waals surface area contributed by atoms with Crippen LogP contribution < -0.4 is 5.32 Å². The first-order valence-corrected chi connectivity index (χ1v) is 7.75. The lowest BCUT2D eigenvalue weighted by Crippen LogP contribution is -2.41. The third-order valence-corrected chi connectivity index (χ3v) is 4.14. The molecule has 1 heterocycles. The van der Waals surface area contributed by atoms with Crippen molar-refractivity contribution in [3.63, 3.8) is 0 Å². The lowest BCUT2D eigenvalue weighted by Gasteiger charge is -2.25. The molecule has 1 aromatic rings. The topological polar surface area (TPSA) is 49.4 Å². The molecule has 0 spiro atoms. The van der Waals surface area contributed by atoms with Crippen LogP contribution in [0.2, 0.25) is 0 Å². The molecule has 114 valence electrons. The molecule has 0 aromatic heterocycles. The Kier molecular flexibility index (Phi) is 5.51. The maximum atomic E-state index is 12.1. The molecule has 1 unspecified atom stereocenters. The molecule has 2 amide bonds. The largest absolute Gasteiger partial charge is 0.312 e. The van der Waals surface area contributed by atoms with Crippen LogP contribution in [0.15, 0.2) is 24.3 Å². The van der Waals surface area contributed by atoms with Crippen LogP contribution in [0.3, 0.4) is 0 Å². The van der Waals surface area contributed by atoms with Gasteiger partial charge in [0.2, 0.25) is 11.8 Å². The van der Waals surface area contributed by atoms with Crippen molar-refractivity contribution in [1.82, 2.24) is 10.2 Å². The second kappa shape index (κ2) is 7.36. The Labute approximate surface area is 126 Å². The minimum absolute atomic E-state index is 0.0121. The van der Waals surface area contributed by atoms with Crippen molar-refractivity contribution in [1.29, 1.82) is 0 Å². The van der Waals surface area contributed by atoms with Gasteiger partial charge >= 0.3 is 0 Å². The van der Waals surface area contributed by atoms with Crippen LogP contribution in [-0.2, 0) is 16.0 Å². The first kappa shape index (κ1) is 15.7. The number of amides is 2. The fourth-order valence-electron chi connectivity index (χ4n) is 2.70. The number of hydrogen-bond donors (Lipinski definition) is 1. The van der Waals surface area contributed by atoms with Crippen LogP contribution in [-0.4, -0.2) is 30.3 Å². The summed E-state index contributed by atoms with van der Waals surface area (Å²) in [5, 5.41) is 3.22. The van der Waals surface area contributed by atoms with E-state index in [0.717, 1.165) is 24.8 Å². The minimum atomic E-state index is -0.0390. The van der Waals surface area contributed by atoms with Crippen molar-refractivity contribution >= 4 is 11.8 Å². The van der Waals surface area contributed by atoms with Crippen LogP contribution in [0, 0.1) is 0 Å². The van der Waals surface area contributed by atoms with Gasteiger partial charge in [-0.3, -0.25) is 14.5 Å². The van der Waals surface area contributed by atoms with Gasteiger partial charge in [-0.2, -0.15) is 0 Å². The molecule has 21 heavy (non-hydrogen) atoms. The van der Waals surface area contributed by atoms with E-state index in [0.29, 0.717) is 19.4 Å². The zero-order valence-corrected chi connectivity index (χ0v) is 12.9. The number of imide groups is 1. The van der Waals surface area contributed by atoms with Crippen molar-refractivity contribution in [3.8, 4) is 0 Å². The van der Waals surface area contributed by atoms with Gasteiger partial charge in [-0.05, 0) is 37.4 Å². The summed E-state index contributed by atoms with van der Waals surface area (Å²) in [5.74, 6) is -0.0779. The van der Waals surface area contributed by atoms with E-state index in [-0.39, 0.29) is 17.9 Å². The molecule has 1 saturated heterocycles. The molecule has 4 nitrogen and oxygen atoms in total. The number of hydrogen-bond acceptors (Lipinski definition) is 3. The smallest absolute Gasteiger partial charge is 0.229 e. The van der Waals surface area contributed by atoms with E-state index in [4.69, 9.17) is 0 Å². The highest BCUT2D eigenvalue weighted by Crippen LogP contribution is 2.19. The van der Waals surface area contributed by atoms with E-state index < -0.39 is 0 Å². The van der Waals surface area contributed by atoms with Crippen molar-refractivity contribution in [2.75, 3.05) is 13.6 Å². The molecule has 1 aliphatic heterocycles. The third kappa shape index (κ3) is 3.91. The summed E-state index contributed by atoms with van der Waals surface area (Å²) in [4.78, 5) is 25.6. The third-order valence-electron chi connectivity index (χ3n) is 4.14. The molecule has 1 aromatic carbocycles. The molecule has 1 N–H and O–H groups in total. The van der Waals surface area contributed by atoms with Gasteiger partial charge in [0.25, 0.3) is 0 Å². The highest BCUT2D eigenvalue weighted by Gasteiger charge is 2.26. The molecular weight excluding hydrogens is 264 g/mol. The van der Waals surface area contributed by atoms with Gasteiger partial charge in [-0.25, -0.2) is 0 Å². The maximum Gasteiger partial charge on any atom is 0.229 e. The Bertz CT molecular complexity index is 478. The van der Waals surface area contributed by atoms with Gasteiger partial charge in [0.05, 0.1) is 6.04 Å². The van der Waals surface area contributed by atoms with E-state index in [1.165, 1.54) is 10.5 Å². The number of nitrogens with zero attached hydrogens (tertiary/aromatic N) is 1. The van der Waals surface area contributed by atoms with Crippen molar-refractivity contribution in [2.45, 2.75) is 45.1 Å². The van der Waals surface area contributed by atoms with Gasteiger partial charge in [0.1, 0.15) is 0 Å². The molecule has 0 saturated carbocycles. The first-order chi connectivity index (χ1) is 10.2. The SMILES string of the molecule is CCc1ccc(C(CN2C(=O)CCCCC2=O)NC)cc1. The fraction of sp³-hybridized carbons (Fsp3) is 0.529. The molecule has 1 fully saturated rings. The summed E-state index contributed by atoms with van der Waals surface area (Å²) in [6, 6.07) is 8.35. The van der Waals surface area contributed by atoms with Crippen LogP contribution in [0.4, 0.5) is 0 Å². The van der Waals surface area contributed by atoms with E-state index in [1.54, 1.807) is 0 Å². The maximum absolute atomic E-state index is 12.1. The number of nitrogens with one attached hydrogen (secondary N) is 1.